The molecule has 1 aliphatic carbocycles. The highest BCUT2D eigenvalue weighted by atomic mass is 32.2. The smallest absolute Gasteiger partial charge is 0.262 e. The summed E-state index contributed by atoms with van der Waals surface area (Å²) in [7, 11) is -3.60. The number of nitrogens with zero attached hydrogens (tertiary/aromatic N) is 3. The van der Waals surface area contributed by atoms with Crippen molar-refractivity contribution in [3.05, 3.63) is 12.0 Å². The zero-order chi connectivity index (χ0) is 15.7. The molecule has 0 aliphatic heterocycles. The normalized spacial score (nSPS) is 18.5. The first-order chi connectivity index (χ1) is 9.91. The fraction of sp³-hybridized carbons (Fsp3) is 0.786. The van der Waals surface area contributed by atoms with Crippen molar-refractivity contribution in [2.45, 2.75) is 63.6 Å². The van der Waals surface area contributed by atoms with Crippen LogP contribution in [0.3, 0.4) is 0 Å². The van der Waals surface area contributed by atoms with Crippen molar-refractivity contribution in [1.29, 1.82) is 0 Å². The molecule has 0 amide bonds. The predicted octanol–water partition coefficient (Wildman–Crippen LogP) is 1.49. The van der Waals surface area contributed by atoms with E-state index in [-0.39, 0.29) is 5.03 Å². The summed E-state index contributed by atoms with van der Waals surface area (Å²) >= 11 is 0. The van der Waals surface area contributed by atoms with Crippen LogP contribution in [-0.2, 0) is 16.6 Å². The molecular weight excluding hydrogens is 288 g/mol. The third-order valence-corrected chi connectivity index (χ3v) is 6.53. The van der Waals surface area contributed by atoms with E-state index in [1.165, 1.54) is 0 Å². The van der Waals surface area contributed by atoms with Crippen molar-refractivity contribution in [3.8, 4) is 0 Å². The van der Waals surface area contributed by atoms with Gasteiger partial charge in [-0.2, -0.15) is 4.31 Å². The summed E-state index contributed by atoms with van der Waals surface area (Å²) in [5, 5.41) is 0.142. The number of aryl methyl sites for hydroxylation is 2. The standard InChI is InChI=1S/C14H26N4O2S/c1-4-17-10-13(16-12(17)3)21(19,20)18(5-2)14(11-15)8-6-7-9-14/h10H,4-9,11,15H2,1-3H3. The van der Waals surface area contributed by atoms with Crippen molar-refractivity contribution in [3.63, 3.8) is 0 Å². The molecule has 2 rings (SSSR count). The van der Waals surface area contributed by atoms with Gasteiger partial charge in [0, 0.05) is 31.4 Å². The second-order valence-corrected chi connectivity index (χ2v) is 7.53. The summed E-state index contributed by atoms with van der Waals surface area (Å²) < 4.78 is 29.4. The largest absolute Gasteiger partial charge is 0.334 e. The second kappa shape index (κ2) is 6.06. The summed E-state index contributed by atoms with van der Waals surface area (Å²) in [6, 6.07) is 0. The third kappa shape index (κ3) is 2.74. The Balaban J connectivity index is 2.44. The van der Waals surface area contributed by atoms with Gasteiger partial charge >= 0.3 is 0 Å². The van der Waals surface area contributed by atoms with Gasteiger partial charge in [-0.15, -0.1) is 0 Å². The van der Waals surface area contributed by atoms with Crippen molar-refractivity contribution >= 4 is 10.0 Å². The molecule has 1 fully saturated rings. The molecule has 1 aromatic rings. The molecule has 0 bridgehead atoms. The molecule has 0 saturated heterocycles. The van der Waals surface area contributed by atoms with Crippen LogP contribution in [0.4, 0.5) is 0 Å². The first-order valence-electron chi connectivity index (χ1n) is 7.68. The molecule has 7 heteroatoms. The number of rotatable bonds is 6. The van der Waals surface area contributed by atoms with Gasteiger partial charge in [0.1, 0.15) is 5.82 Å². The van der Waals surface area contributed by atoms with Gasteiger partial charge in [0.25, 0.3) is 10.0 Å². The lowest BCUT2D eigenvalue weighted by atomic mass is 9.98. The molecule has 0 atom stereocenters. The Labute approximate surface area is 127 Å². The van der Waals surface area contributed by atoms with Gasteiger partial charge in [-0.1, -0.05) is 19.8 Å². The first kappa shape index (κ1) is 16.5. The minimum atomic E-state index is -3.60. The topological polar surface area (TPSA) is 81.2 Å². The van der Waals surface area contributed by atoms with Crippen LogP contribution in [-0.4, -0.2) is 40.9 Å². The van der Waals surface area contributed by atoms with Gasteiger partial charge in [-0.25, -0.2) is 13.4 Å². The van der Waals surface area contributed by atoms with E-state index in [0.29, 0.717) is 19.6 Å². The van der Waals surface area contributed by atoms with E-state index in [1.54, 1.807) is 10.5 Å². The molecule has 6 nitrogen and oxygen atoms in total. The van der Waals surface area contributed by atoms with Gasteiger partial charge in [-0.3, -0.25) is 0 Å². The van der Waals surface area contributed by atoms with Crippen molar-refractivity contribution in [2.75, 3.05) is 13.1 Å². The Bertz CT molecular complexity index is 588. The van der Waals surface area contributed by atoms with Gasteiger partial charge in [0.15, 0.2) is 5.03 Å². The van der Waals surface area contributed by atoms with Gasteiger partial charge in [0.2, 0.25) is 0 Å². The molecule has 2 N–H and O–H groups in total. The summed E-state index contributed by atoms with van der Waals surface area (Å²) in [5.74, 6) is 0.723. The quantitative estimate of drug-likeness (QED) is 0.862. The van der Waals surface area contributed by atoms with Gasteiger partial charge in [-0.05, 0) is 26.7 Å². The van der Waals surface area contributed by atoms with E-state index in [2.05, 4.69) is 4.98 Å². The highest BCUT2D eigenvalue weighted by molar-refractivity contribution is 7.89. The van der Waals surface area contributed by atoms with Gasteiger partial charge < -0.3 is 10.3 Å². The van der Waals surface area contributed by atoms with E-state index < -0.39 is 15.6 Å². The average molecular weight is 314 g/mol. The van der Waals surface area contributed by atoms with Gasteiger partial charge in [0.05, 0.1) is 0 Å². The third-order valence-electron chi connectivity index (χ3n) is 4.58. The minimum absolute atomic E-state index is 0.142. The fourth-order valence-electron chi connectivity index (χ4n) is 3.39. The van der Waals surface area contributed by atoms with Crippen LogP contribution >= 0.6 is 0 Å². The lowest BCUT2D eigenvalue weighted by molar-refractivity contribution is 0.204. The molecule has 0 aromatic carbocycles. The first-order valence-corrected chi connectivity index (χ1v) is 9.12. The zero-order valence-electron chi connectivity index (χ0n) is 13.2. The van der Waals surface area contributed by atoms with Crippen LogP contribution in [0.5, 0.6) is 0 Å². The van der Waals surface area contributed by atoms with Crippen LogP contribution in [0, 0.1) is 6.92 Å². The Kier molecular flexibility index (Phi) is 4.75. The van der Waals surface area contributed by atoms with Crippen LogP contribution in [0.1, 0.15) is 45.4 Å². The maximum absolute atomic E-state index is 13.0. The molecule has 120 valence electrons. The SMILES string of the molecule is CCN(C1(CN)CCCC1)S(=O)(=O)c1cn(CC)c(C)n1. The average Bonchev–Trinajstić information content (AvgIpc) is 3.07. The predicted molar refractivity (Wildman–Crippen MR) is 82.5 cm³/mol. The molecular formula is C14H26N4O2S. The summed E-state index contributed by atoms with van der Waals surface area (Å²) in [6.45, 7) is 7.18. The Morgan fingerprint density at radius 2 is 2.00 bits per heavy atom. The number of aromatic nitrogens is 2. The summed E-state index contributed by atoms with van der Waals surface area (Å²) in [5.41, 5.74) is 5.52. The monoisotopic (exact) mass is 314 g/mol. The molecule has 0 unspecified atom stereocenters. The molecule has 1 aliphatic rings. The maximum atomic E-state index is 13.0. The van der Waals surface area contributed by atoms with E-state index in [4.69, 9.17) is 5.73 Å². The molecule has 1 heterocycles. The number of likely N-dealkylation sites (N-methyl/N-ethyl adjacent to an activating group) is 1. The van der Waals surface area contributed by atoms with E-state index in [9.17, 15) is 8.42 Å². The number of sulfonamides is 1. The van der Waals surface area contributed by atoms with E-state index in [0.717, 1.165) is 31.5 Å². The molecule has 1 aromatic heterocycles. The highest BCUT2D eigenvalue weighted by Gasteiger charge is 2.45. The second-order valence-electron chi connectivity index (χ2n) is 5.72. The Hall–Kier alpha value is -0.920. The van der Waals surface area contributed by atoms with Crippen LogP contribution in [0.25, 0.3) is 0 Å². The highest BCUT2D eigenvalue weighted by Crippen LogP contribution is 2.37. The summed E-state index contributed by atoms with van der Waals surface area (Å²) in [6.07, 6.45) is 5.37. The number of hydrogen-bond donors (Lipinski definition) is 1. The number of hydrogen-bond acceptors (Lipinski definition) is 4. The molecule has 0 spiro atoms. The number of imidazole rings is 1. The minimum Gasteiger partial charge on any atom is -0.334 e. The van der Waals surface area contributed by atoms with Crippen LogP contribution in [0.15, 0.2) is 11.2 Å². The maximum Gasteiger partial charge on any atom is 0.262 e. The van der Waals surface area contributed by atoms with Crippen molar-refractivity contribution in [1.82, 2.24) is 13.9 Å². The van der Waals surface area contributed by atoms with E-state index in [1.807, 2.05) is 25.3 Å². The van der Waals surface area contributed by atoms with Crippen molar-refractivity contribution < 1.29 is 8.42 Å². The van der Waals surface area contributed by atoms with Crippen molar-refractivity contribution in [2.24, 2.45) is 5.73 Å². The fourth-order valence-corrected chi connectivity index (χ4v) is 5.23. The molecule has 21 heavy (non-hydrogen) atoms. The lowest BCUT2D eigenvalue weighted by Crippen LogP contribution is -2.54. The van der Waals surface area contributed by atoms with E-state index >= 15 is 0 Å². The Morgan fingerprint density at radius 1 is 1.38 bits per heavy atom. The summed E-state index contributed by atoms with van der Waals surface area (Å²) in [4.78, 5) is 4.25. The molecule has 0 radical (unpaired) electrons. The van der Waals surface area contributed by atoms with Crippen LogP contribution in [0.2, 0.25) is 0 Å². The van der Waals surface area contributed by atoms with Crippen LogP contribution < -0.4 is 5.73 Å². The zero-order valence-corrected chi connectivity index (χ0v) is 14.0. The lowest BCUT2D eigenvalue weighted by Gasteiger charge is -2.38. The molecule has 1 saturated carbocycles. The Morgan fingerprint density at radius 3 is 2.43 bits per heavy atom. The number of nitrogens with two attached hydrogens (primary N) is 1.